The summed E-state index contributed by atoms with van der Waals surface area (Å²) in [4.78, 5) is 15.2. The van der Waals surface area contributed by atoms with E-state index in [4.69, 9.17) is 4.74 Å². The summed E-state index contributed by atoms with van der Waals surface area (Å²) in [6.07, 6.45) is 3.84. The number of nitro groups is 1. The van der Waals surface area contributed by atoms with Crippen LogP contribution < -0.4 is 4.74 Å². The Bertz CT molecular complexity index is 1170. The predicted molar refractivity (Wildman–Crippen MR) is 115 cm³/mol. The van der Waals surface area contributed by atoms with E-state index in [0.717, 1.165) is 22.6 Å². The van der Waals surface area contributed by atoms with Gasteiger partial charge in [-0.1, -0.05) is 54.6 Å². The lowest BCUT2D eigenvalue weighted by Crippen LogP contribution is -1.94. The van der Waals surface area contributed by atoms with Gasteiger partial charge in [0.2, 0.25) is 0 Å². The Morgan fingerprint density at radius 3 is 2.41 bits per heavy atom. The first-order valence-electron chi connectivity index (χ1n) is 9.18. The third-order valence-electron chi connectivity index (χ3n) is 4.50. The zero-order chi connectivity index (χ0) is 20.1. The fourth-order valence-corrected chi connectivity index (χ4v) is 3.00. The standard InChI is InChI=1S/C24H18N2O3/c27-26(28)24-8-4-7-23-22(24)16-13-20(25-23)12-9-18-10-14-21(15-11-18)29-17-19-5-2-1-3-6-19/h1-16H,17H2/b12-9+. The first kappa shape index (κ1) is 18.4. The summed E-state index contributed by atoms with van der Waals surface area (Å²) in [6.45, 7) is 0.531. The number of pyridine rings is 1. The molecule has 0 aliphatic rings. The molecule has 1 heterocycles. The smallest absolute Gasteiger partial charge is 0.278 e. The molecule has 0 saturated heterocycles. The van der Waals surface area contributed by atoms with E-state index in [0.29, 0.717) is 17.5 Å². The van der Waals surface area contributed by atoms with Gasteiger partial charge in [0, 0.05) is 6.07 Å². The number of benzene rings is 3. The fourth-order valence-electron chi connectivity index (χ4n) is 3.00. The largest absolute Gasteiger partial charge is 0.489 e. The number of fused-ring (bicyclic) bond motifs is 1. The average Bonchev–Trinajstić information content (AvgIpc) is 2.77. The molecule has 4 aromatic rings. The van der Waals surface area contributed by atoms with Gasteiger partial charge in [0.25, 0.3) is 5.69 Å². The van der Waals surface area contributed by atoms with Crippen molar-refractivity contribution in [1.82, 2.24) is 4.98 Å². The van der Waals surface area contributed by atoms with E-state index < -0.39 is 0 Å². The SMILES string of the molecule is O=[N+]([O-])c1cccc2nc(/C=C/c3ccc(OCc4ccccc4)cc3)ccc12. The van der Waals surface area contributed by atoms with Gasteiger partial charge in [-0.25, -0.2) is 4.98 Å². The summed E-state index contributed by atoms with van der Waals surface area (Å²) in [7, 11) is 0. The van der Waals surface area contributed by atoms with Crippen LogP contribution in [0.4, 0.5) is 5.69 Å². The third-order valence-corrected chi connectivity index (χ3v) is 4.50. The second kappa shape index (κ2) is 8.35. The molecule has 0 aliphatic heterocycles. The Balaban J connectivity index is 1.45. The minimum atomic E-state index is -0.388. The van der Waals surface area contributed by atoms with Crippen LogP contribution in [0.2, 0.25) is 0 Å². The molecule has 5 nitrogen and oxygen atoms in total. The maximum atomic E-state index is 11.1. The maximum Gasteiger partial charge on any atom is 0.278 e. The number of hydrogen-bond acceptors (Lipinski definition) is 4. The van der Waals surface area contributed by atoms with Gasteiger partial charge < -0.3 is 4.74 Å². The molecular formula is C24H18N2O3. The van der Waals surface area contributed by atoms with Crippen LogP contribution in [-0.4, -0.2) is 9.91 Å². The first-order valence-corrected chi connectivity index (χ1v) is 9.18. The van der Waals surface area contributed by atoms with Crippen LogP contribution in [-0.2, 0) is 6.61 Å². The van der Waals surface area contributed by atoms with Crippen molar-refractivity contribution in [2.75, 3.05) is 0 Å². The number of nitrogens with zero attached hydrogens (tertiary/aromatic N) is 2. The number of aromatic nitrogens is 1. The Morgan fingerprint density at radius 2 is 1.66 bits per heavy atom. The Labute approximate surface area is 168 Å². The van der Waals surface area contributed by atoms with Crippen molar-refractivity contribution in [1.29, 1.82) is 0 Å². The van der Waals surface area contributed by atoms with E-state index in [1.165, 1.54) is 6.07 Å². The summed E-state index contributed by atoms with van der Waals surface area (Å²) >= 11 is 0. The fraction of sp³-hybridized carbons (Fsp3) is 0.0417. The normalized spacial score (nSPS) is 11.0. The van der Waals surface area contributed by atoms with Gasteiger partial charge in [-0.15, -0.1) is 0 Å². The quantitative estimate of drug-likeness (QED) is 0.308. The molecule has 0 atom stereocenters. The van der Waals surface area contributed by atoms with Gasteiger partial charge in [-0.05, 0) is 47.5 Å². The minimum absolute atomic E-state index is 0.0663. The van der Waals surface area contributed by atoms with Crippen LogP contribution in [0.3, 0.4) is 0 Å². The number of hydrogen-bond donors (Lipinski definition) is 0. The van der Waals surface area contributed by atoms with E-state index in [1.54, 1.807) is 24.3 Å². The lowest BCUT2D eigenvalue weighted by Gasteiger charge is -2.06. The Hall–Kier alpha value is -3.99. The molecule has 3 aromatic carbocycles. The molecule has 0 unspecified atom stereocenters. The van der Waals surface area contributed by atoms with Crippen LogP contribution in [0, 0.1) is 10.1 Å². The minimum Gasteiger partial charge on any atom is -0.489 e. The number of rotatable bonds is 6. The molecular weight excluding hydrogens is 364 g/mol. The Kier molecular flexibility index (Phi) is 5.29. The third kappa shape index (κ3) is 4.47. The zero-order valence-corrected chi connectivity index (χ0v) is 15.6. The molecule has 4 rings (SSSR count). The van der Waals surface area contributed by atoms with Crippen LogP contribution >= 0.6 is 0 Å². The molecule has 0 spiro atoms. The highest BCUT2D eigenvalue weighted by molar-refractivity contribution is 5.88. The number of nitro benzene ring substituents is 1. The molecule has 5 heteroatoms. The number of ether oxygens (including phenoxy) is 1. The van der Waals surface area contributed by atoms with E-state index in [-0.39, 0.29) is 10.6 Å². The summed E-state index contributed by atoms with van der Waals surface area (Å²) in [5, 5.41) is 11.7. The van der Waals surface area contributed by atoms with E-state index in [9.17, 15) is 10.1 Å². The van der Waals surface area contributed by atoms with Crippen molar-refractivity contribution >= 4 is 28.7 Å². The molecule has 0 fully saturated rings. The monoisotopic (exact) mass is 382 g/mol. The van der Waals surface area contributed by atoms with E-state index >= 15 is 0 Å². The van der Waals surface area contributed by atoms with Crippen LogP contribution in [0.15, 0.2) is 84.9 Å². The molecule has 1 aromatic heterocycles. The van der Waals surface area contributed by atoms with Crippen LogP contribution in [0.5, 0.6) is 5.75 Å². The zero-order valence-electron chi connectivity index (χ0n) is 15.6. The van der Waals surface area contributed by atoms with Gasteiger partial charge in [-0.3, -0.25) is 10.1 Å². The van der Waals surface area contributed by atoms with Crippen LogP contribution in [0.25, 0.3) is 23.1 Å². The van der Waals surface area contributed by atoms with Gasteiger partial charge >= 0.3 is 0 Å². The molecule has 29 heavy (non-hydrogen) atoms. The second-order valence-corrected chi connectivity index (χ2v) is 6.51. The van der Waals surface area contributed by atoms with E-state index in [1.807, 2.05) is 66.7 Å². The summed E-state index contributed by atoms with van der Waals surface area (Å²) in [5.74, 6) is 0.808. The van der Waals surface area contributed by atoms with Crippen molar-refractivity contribution in [2.24, 2.45) is 0 Å². The molecule has 0 saturated carbocycles. The van der Waals surface area contributed by atoms with Crippen molar-refractivity contribution in [3.05, 3.63) is 112 Å². The molecule has 142 valence electrons. The topological polar surface area (TPSA) is 65.3 Å². The van der Waals surface area contributed by atoms with Crippen molar-refractivity contribution in [3.63, 3.8) is 0 Å². The molecule has 0 aliphatic carbocycles. The lowest BCUT2D eigenvalue weighted by molar-refractivity contribution is -0.383. The second-order valence-electron chi connectivity index (χ2n) is 6.51. The average molecular weight is 382 g/mol. The summed E-state index contributed by atoms with van der Waals surface area (Å²) < 4.78 is 5.80. The van der Waals surface area contributed by atoms with Crippen molar-refractivity contribution < 1.29 is 9.66 Å². The van der Waals surface area contributed by atoms with Gasteiger partial charge in [0.15, 0.2) is 0 Å². The predicted octanol–water partition coefficient (Wildman–Crippen LogP) is 5.89. The van der Waals surface area contributed by atoms with Gasteiger partial charge in [-0.2, -0.15) is 0 Å². The van der Waals surface area contributed by atoms with Crippen LogP contribution in [0.1, 0.15) is 16.8 Å². The lowest BCUT2D eigenvalue weighted by atomic mass is 10.1. The number of non-ortho nitro benzene ring substituents is 1. The highest BCUT2D eigenvalue weighted by Crippen LogP contribution is 2.24. The summed E-state index contributed by atoms with van der Waals surface area (Å²) in [5.41, 5.74) is 3.54. The first-order chi connectivity index (χ1) is 14.2. The van der Waals surface area contributed by atoms with Crippen molar-refractivity contribution in [3.8, 4) is 5.75 Å². The maximum absolute atomic E-state index is 11.1. The van der Waals surface area contributed by atoms with E-state index in [2.05, 4.69) is 4.98 Å². The molecule has 0 bridgehead atoms. The molecule has 0 N–H and O–H groups in total. The summed E-state index contributed by atoms with van der Waals surface area (Å²) in [6, 6.07) is 26.3. The molecule has 0 radical (unpaired) electrons. The Morgan fingerprint density at radius 1 is 0.862 bits per heavy atom. The molecule has 0 amide bonds. The van der Waals surface area contributed by atoms with Gasteiger partial charge in [0.1, 0.15) is 12.4 Å². The highest BCUT2D eigenvalue weighted by atomic mass is 16.6. The van der Waals surface area contributed by atoms with Crippen molar-refractivity contribution in [2.45, 2.75) is 6.61 Å². The van der Waals surface area contributed by atoms with Gasteiger partial charge in [0.05, 0.1) is 21.5 Å². The highest BCUT2D eigenvalue weighted by Gasteiger charge is 2.11.